The van der Waals surface area contributed by atoms with E-state index in [9.17, 15) is 4.79 Å². The van der Waals surface area contributed by atoms with Gasteiger partial charge in [-0.05, 0) is 60.4 Å². The molecule has 24 heavy (non-hydrogen) atoms. The van der Waals surface area contributed by atoms with Crippen molar-refractivity contribution in [2.75, 3.05) is 0 Å². The zero-order valence-corrected chi connectivity index (χ0v) is 14.5. The molecule has 0 fully saturated rings. The summed E-state index contributed by atoms with van der Waals surface area (Å²) in [7, 11) is 0. The molecule has 0 spiro atoms. The summed E-state index contributed by atoms with van der Waals surface area (Å²) in [6.07, 6.45) is 4.39. The summed E-state index contributed by atoms with van der Waals surface area (Å²) in [5.41, 5.74) is 3.73. The second-order valence-corrected chi connectivity index (χ2v) is 6.59. The number of carbonyl (C=O) groups excluding carboxylic acids is 1. The number of amides is 1. The van der Waals surface area contributed by atoms with Crippen molar-refractivity contribution in [3.8, 4) is 11.1 Å². The lowest BCUT2D eigenvalue weighted by Crippen LogP contribution is -2.33. The summed E-state index contributed by atoms with van der Waals surface area (Å²) < 4.78 is 0. The molecular formula is C19H19N3OS. The Bertz CT molecular complexity index is 813. The van der Waals surface area contributed by atoms with Crippen LogP contribution in [0.2, 0.25) is 0 Å². The Morgan fingerprint density at radius 3 is 2.71 bits per heavy atom. The number of nitrogens with one attached hydrogen (secondary N) is 1. The normalized spacial score (nSPS) is 11.9. The first kappa shape index (κ1) is 16.3. The summed E-state index contributed by atoms with van der Waals surface area (Å²) in [4.78, 5) is 20.9. The topological polar surface area (TPSA) is 54.9 Å². The van der Waals surface area contributed by atoms with Gasteiger partial charge in [0.2, 0.25) is 0 Å². The summed E-state index contributed by atoms with van der Waals surface area (Å²) in [5.74, 6) is 0.669. The van der Waals surface area contributed by atoms with Crippen LogP contribution in [-0.2, 0) is 6.42 Å². The van der Waals surface area contributed by atoms with Gasteiger partial charge in [-0.25, -0.2) is 9.97 Å². The first-order valence-corrected chi connectivity index (χ1v) is 8.77. The molecule has 0 saturated heterocycles. The number of hydrogen-bond acceptors (Lipinski definition) is 4. The van der Waals surface area contributed by atoms with Crippen LogP contribution in [0.15, 0.2) is 53.5 Å². The molecule has 5 heteroatoms. The fourth-order valence-electron chi connectivity index (χ4n) is 2.50. The van der Waals surface area contributed by atoms with Gasteiger partial charge >= 0.3 is 0 Å². The number of aromatic nitrogens is 2. The molecule has 122 valence electrons. The lowest BCUT2D eigenvalue weighted by molar-refractivity contribution is 0.0940. The number of thiophene rings is 1. The molecule has 0 saturated carbocycles. The quantitative estimate of drug-likeness (QED) is 0.769. The average Bonchev–Trinajstić information content (AvgIpc) is 3.08. The molecule has 1 amide bonds. The molecule has 1 unspecified atom stereocenters. The van der Waals surface area contributed by atoms with Crippen LogP contribution in [0.25, 0.3) is 11.1 Å². The van der Waals surface area contributed by atoms with Crippen LogP contribution in [0.4, 0.5) is 0 Å². The molecule has 2 heterocycles. The van der Waals surface area contributed by atoms with Crippen LogP contribution in [0.5, 0.6) is 0 Å². The Hall–Kier alpha value is -2.53. The minimum absolute atomic E-state index is 0.0624. The van der Waals surface area contributed by atoms with Gasteiger partial charge in [0.1, 0.15) is 5.82 Å². The molecule has 0 aliphatic carbocycles. The summed E-state index contributed by atoms with van der Waals surface area (Å²) in [6.45, 7) is 3.87. The highest BCUT2D eigenvalue weighted by Gasteiger charge is 2.11. The number of aryl methyl sites for hydroxylation is 1. The predicted octanol–water partition coefficient (Wildman–Crippen LogP) is 3.87. The highest BCUT2D eigenvalue weighted by Crippen LogP contribution is 2.19. The predicted molar refractivity (Wildman–Crippen MR) is 97.2 cm³/mol. The Balaban J connectivity index is 1.71. The molecule has 3 aromatic rings. The van der Waals surface area contributed by atoms with Gasteiger partial charge in [-0.3, -0.25) is 4.79 Å². The third-order valence-corrected chi connectivity index (χ3v) is 4.47. The maximum atomic E-state index is 12.5. The molecule has 0 bridgehead atoms. The Morgan fingerprint density at radius 1 is 1.21 bits per heavy atom. The molecule has 1 atom stereocenters. The number of hydrogen-bond donors (Lipinski definition) is 1. The van der Waals surface area contributed by atoms with Gasteiger partial charge in [0, 0.05) is 29.6 Å². The SMILES string of the molecule is Cc1ncc(-c2cccc(C(=O)NC(C)Cc3ccsc3)c2)cn1. The third-order valence-electron chi connectivity index (χ3n) is 3.74. The van der Waals surface area contributed by atoms with Gasteiger partial charge in [-0.15, -0.1) is 0 Å². The number of nitrogens with zero attached hydrogens (tertiary/aromatic N) is 2. The minimum Gasteiger partial charge on any atom is -0.349 e. The molecule has 3 rings (SSSR count). The Morgan fingerprint density at radius 2 is 2.00 bits per heavy atom. The number of carbonyl (C=O) groups is 1. The lowest BCUT2D eigenvalue weighted by Gasteiger charge is -2.13. The highest BCUT2D eigenvalue weighted by atomic mass is 32.1. The van der Waals surface area contributed by atoms with E-state index in [0.717, 1.165) is 23.4 Å². The smallest absolute Gasteiger partial charge is 0.251 e. The van der Waals surface area contributed by atoms with Crippen LogP contribution >= 0.6 is 11.3 Å². The van der Waals surface area contributed by atoms with E-state index in [1.165, 1.54) is 5.56 Å². The third kappa shape index (κ3) is 4.06. The highest BCUT2D eigenvalue weighted by molar-refractivity contribution is 7.07. The first-order valence-electron chi connectivity index (χ1n) is 7.83. The number of rotatable bonds is 5. The standard InChI is InChI=1S/C19H19N3OS/c1-13(8-15-6-7-24-12-15)22-19(23)17-5-3-4-16(9-17)18-10-20-14(2)21-11-18/h3-7,9-13H,8H2,1-2H3,(H,22,23). The second-order valence-electron chi connectivity index (χ2n) is 5.81. The van der Waals surface area contributed by atoms with E-state index in [0.29, 0.717) is 5.56 Å². The molecule has 1 N–H and O–H groups in total. The maximum Gasteiger partial charge on any atom is 0.251 e. The summed E-state index contributed by atoms with van der Waals surface area (Å²) in [5, 5.41) is 7.22. The monoisotopic (exact) mass is 337 g/mol. The van der Waals surface area contributed by atoms with Gasteiger partial charge in [0.25, 0.3) is 5.91 Å². The first-order chi connectivity index (χ1) is 11.6. The van der Waals surface area contributed by atoms with E-state index < -0.39 is 0 Å². The van der Waals surface area contributed by atoms with E-state index in [4.69, 9.17) is 0 Å². The van der Waals surface area contributed by atoms with Crippen LogP contribution < -0.4 is 5.32 Å². The van der Waals surface area contributed by atoms with E-state index in [-0.39, 0.29) is 11.9 Å². The van der Waals surface area contributed by atoms with Crippen molar-refractivity contribution in [2.45, 2.75) is 26.3 Å². The largest absolute Gasteiger partial charge is 0.349 e. The van der Waals surface area contributed by atoms with E-state index in [2.05, 4.69) is 32.1 Å². The molecule has 1 aromatic carbocycles. The Labute approximate surface area is 145 Å². The van der Waals surface area contributed by atoms with Gasteiger partial charge in [0.05, 0.1) is 0 Å². The summed E-state index contributed by atoms with van der Waals surface area (Å²) in [6, 6.07) is 9.71. The molecule has 2 aromatic heterocycles. The second kappa shape index (κ2) is 7.36. The van der Waals surface area contributed by atoms with Crippen LogP contribution in [0.3, 0.4) is 0 Å². The van der Waals surface area contributed by atoms with Crippen LogP contribution in [0.1, 0.15) is 28.7 Å². The number of benzene rings is 1. The van der Waals surface area contributed by atoms with Gasteiger partial charge < -0.3 is 5.32 Å². The lowest BCUT2D eigenvalue weighted by atomic mass is 10.0. The van der Waals surface area contributed by atoms with E-state index in [1.54, 1.807) is 23.7 Å². The van der Waals surface area contributed by atoms with Crippen molar-refractivity contribution in [1.82, 2.24) is 15.3 Å². The van der Waals surface area contributed by atoms with Crippen LogP contribution in [-0.4, -0.2) is 21.9 Å². The molecular weight excluding hydrogens is 318 g/mol. The minimum atomic E-state index is -0.0624. The van der Waals surface area contributed by atoms with Crippen molar-refractivity contribution in [3.63, 3.8) is 0 Å². The maximum absolute atomic E-state index is 12.5. The fourth-order valence-corrected chi connectivity index (χ4v) is 3.18. The summed E-state index contributed by atoms with van der Waals surface area (Å²) >= 11 is 1.67. The van der Waals surface area contributed by atoms with Crippen molar-refractivity contribution >= 4 is 17.2 Å². The van der Waals surface area contributed by atoms with E-state index >= 15 is 0 Å². The van der Waals surface area contributed by atoms with Crippen molar-refractivity contribution in [1.29, 1.82) is 0 Å². The van der Waals surface area contributed by atoms with Crippen molar-refractivity contribution in [3.05, 3.63) is 70.4 Å². The Kier molecular flexibility index (Phi) is 5.01. The molecule has 0 aliphatic heterocycles. The fraction of sp³-hybridized carbons (Fsp3) is 0.211. The molecule has 0 radical (unpaired) electrons. The van der Waals surface area contributed by atoms with Gasteiger partial charge in [0.15, 0.2) is 0 Å². The van der Waals surface area contributed by atoms with Crippen LogP contribution in [0, 0.1) is 6.92 Å². The molecule has 4 nitrogen and oxygen atoms in total. The average molecular weight is 337 g/mol. The molecule has 0 aliphatic rings. The van der Waals surface area contributed by atoms with Gasteiger partial charge in [-0.1, -0.05) is 12.1 Å². The van der Waals surface area contributed by atoms with Crippen molar-refractivity contribution < 1.29 is 4.79 Å². The van der Waals surface area contributed by atoms with E-state index in [1.807, 2.05) is 38.1 Å². The zero-order chi connectivity index (χ0) is 16.9. The van der Waals surface area contributed by atoms with Gasteiger partial charge in [-0.2, -0.15) is 11.3 Å². The zero-order valence-electron chi connectivity index (χ0n) is 13.7. The van der Waals surface area contributed by atoms with Crippen molar-refractivity contribution in [2.24, 2.45) is 0 Å².